The fraction of sp³-hybridized carbons (Fsp3) is 0.333. The average molecular weight is 264 g/mol. The number of aromatic nitrogens is 3. The number of rotatable bonds is 6. The molecule has 0 unspecified atom stereocenters. The Kier molecular flexibility index (Phi) is 4.46. The number of carbonyl (C=O) groups excluding carboxylic acids is 1. The van der Waals surface area contributed by atoms with Crippen molar-refractivity contribution >= 4 is 23.6 Å². The van der Waals surface area contributed by atoms with Gasteiger partial charge in [0.2, 0.25) is 11.9 Å². The van der Waals surface area contributed by atoms with Crippen molar-refractivity contribution in [3.63, 3.8) is 0 Å². The zero-order valence-electron chi connectivity index (χ0n) is 10.2. The second kappa shape index (κ2) is 6.30. The van der Waals surface area contributed by atoms with Crippen molar-refractivity contribution in [1.82, 2.24) is 14.5 Å². The van der Waals surface area contributed by atoms with E-state index in [0.717, 1.165) is 12.2 Å². The number of hydrogen-bond acceptors (Lipinski definition) is 3. The maximum Gasteiger partial charge on any atom is 0.249 e. The fourth-order valence-corrected chi connectivity index (χ4v) is 2.19. The third-order valence-electron chi connectivity index (χ3n) is 2.63. The van der Waals surface area contributed by atoms with Crippen molar-refractivity contribution in [3.05, 3.63) is 36.9 Å². The van der Waals surface area contributed by atoms with E-state index in [9.17, 15) is 4.79 Å². The van der Waals surface area contributed by atoms with Gasteiger partial charge in [0, 0.05) is 24.8 Å². The highest BCUT2D eigenvalue weighted by atomic mass is 32.2. The van der Waals surface area contributed by atoms with Crippen LogP contribution >= 0.6 is 11.8 Å². The largest absolute Gasteiger partial charge is 0.342 e. The van der Waals surface area contributed by atoms with E-state index in [-0.39, 0.29) is 11.9 Å². The lowest BCUT2D eigenvalue weighted by atomic mass is 10.2. The van der Waals surface area contributed by atoms with Gasteiger partial charge in [0.25, 0.3) is 0 Å². The van der Waals surface area contributed by atoms with Gasteiger partial charge in [-0.3, -0.25) is 10.1 Å². The van der Waals surface area contributed by atoms with Crippen molar-refractivity contribution in [2.24, 2.45) is 0 Å². The van der Waals surface area contributed by atoms with E-state index in [1.807, 2.05) is 35.3 Å². The predicted molar refractivity (Wildman–Crippen MR) is 73.7 cm³/mol. The lowest BCUT2D eigenvalue weighted by Gasteiger charge is -2.17. The van der Waals surface area contributed by atoms with Crippen LogP contribution in [0.4, 0.5) is 5.95 Å². The summed E-state index contributed by atoms with van der Waals surface area (Å²) in [5.41, 5.74) is 0. The third kappa shape index (κ3) is 3.16. The van der Waals surface area contributed by atoms with Gasteiger partial charge >= 0.3 is 0 Å². The first kappa shape index (κ1) is 12.8. The van der Waals surface area contributed by atoms with Crippen LogP contribution in [0.5, 0.6) is 0 Å². The van der Waals surface area contributed by atoms with E-state index < -0.39 is 0 Å². The number of nitrogens with one attached hydrogen (secondary N) is 2. The van der Waals surface area contributed by atoms with Gasteiger partial charge in [0.1, 0.15) is 6.04 Å². The number of carbonyl (C=O) groups is 1. The summed E-state index contributed by atoms with van der Waals surface area (Å²) in [4.78, 5) is 19.1. The molecule has 1 amide bonds. The van der Waals surface area contributed by atoms with Crippen LogP contribution in [0.3, 0.4) is 0 Å². The quantitative estimate of drug-likeness (QED) is 0.840. The molecule has 18 heavy (non-hydrogen) atoms. The zero-order chi connectivity index (χ0) is 12.8. The van der Waals surface area contributed by atoms with Gasteiger partial charge in [0.15, 0.2) is 0 Å². The summed E-state index contributed by atoms with van der Waals surface area (Å²) in [7, 11) is 0. The maximum atomic E-state index is 12.2. The molecule has 2 N–H and O–H groups in total. The molecule has 0 fully saturated rings. The van der Waals surface area contributed by atoms with E-state index >= 15 is 0 Å². The summed E-state index contributed by atoms with van der Waals surface area (Å²) in [5, 5.41) is 2.78. The van der Waals surface area contributed by atoms with Crippen LogP contribution in [0, 0.1) is 0 Å². The smallest absolute Gasteiger partial charge is 0.249 e. The molecule has 0 aliphatic heterocycles. The van der Waals surface area contributed by atoms with Crippen LogP contribution in [0.15, 0.2) is 36.9 Å². The van der Waals surface area contributed by atoms with Crippen molar-refractivity contribution in [2.75, 3.05) is 17.3 Å². The highest BCUT2D eigenvalue weighted by Gasteiger charge is 2.19. The first-order valence-corrected chi connectivity index (χ1v) is 7.12. The van der Waals surface area contributed by atoms with E-state index in [4.69, 9.17) is 0 Å². The monoisotopic (exact) mass is 264 g/mol. The molecule has 1 atom stereocenters. The Balaban J connectivity index is 2.06. The van der Waals surface area contributed by atoms with Gasteiger partial charge in [0.05, 0.1) is 0 Å². The minimum Gasteiger partial charge on any atom is -0.342 e. The number of aromatic amines is 1. The molecule has 0 bridgehead atoms. The minimum absolute atomic E-state index is 0.0461. The Morgan fingerprint density at radius 2 is 2.33 bits per heavy atom. The van der Waals surface area contributed by atoms with Gasteiger partial charge < -0.3 is 9.55 Å². The number of anilines is 1. The molecule has 0 saturated carbocycles. The zero-order valence-corrected chi connectivity index (χ0v) is 11.0. The Morgan fingerprint density at radius 3 is 2.94 bits per heavy atom. The first-order chi connectivity index (χ1) is 8.81. The molecule has 0 aliphatic carbocycles. The molecule has 2 heterocycles. The molecular formula is C12H16N4OS. The molecule has 2 aromatic rings. The lowest BCUT2D eigenvalue weighted by Crippen LogP contribution is -2.26. The highest BCUT2D eigenvalue weighted by Crippen LogP contribution is 2.16. The Bertz CT molecular complexity index is 466. The normalized spacial score (nSPS) is 12.3. The molecule has 2 aromatic heterocycles. The fourth-order valence-electron chi connectivity index (χ4n) is 1.73. The van der Waals surface area contributed by atoms with Gasteiger partial charge in [-0.05, 0) is 30.6 Å². The number of thioether (sulfide) groups is 1. The number of hydrogen-bond donors (Lipinski definition) is 2. The van der Waals surface area contributed by atoms with Crippen LogP contribution in [0.25, 0.3) is 0 Å². The van der Waals surface area contributed by atoms with Crippen molar-refractivity contribution in [3.8, 4) is 0 Å². The predicted octanol–water partition coefficient (Wildman–Crippen LogP) is 2.14. The van der Waals surface area contributed by atoms with Gasteiger partial charge in [-0.15, -0.1) is 0 Å². The van der Waals surface area contributed by atoms with Crippen LogP contribution in [-0.2, 0) is 4.79 Å². The molecule has 2 rings (SSSR count). The molecule has 0 saturated heterocycles. The van der Waals surface area contributed by atoms with Gasteiger partial charge in [-0.2, -0.15) is 11.8 Å². The summed E-state index contributed by atoms with van der Waals surface area (Å²) in [5.74, 6) is 1.38. The SMILES string of the molecule is CSCC[C@@H](C(=O)Nc1ncc[nH]1)n1cccc1. The average Bonchev–Trinajstić information content (AvgIpc) is 3.02. The number of nitrogens with zero attached hydrogens (tertiary/aromatic N) is 2. The Labute approximate surface area is 110 Å². The standard InChI is InChI=1S/C12H16N4OS/c1-18-9-4-10(16-7-2-3-8-16)11(17)15-12-13-5-6-14-12/h2-3,5-8,10H,4,9H2,1H3,(H2,13,14,15,17)/t10-/m0/s1. The Morgan fingerprint density at radius 1 is 1.56 bits per heavy atom. The molecule has 0 aliphatic rings. The molecule has 0 radical (unpaired) electrons. The van der Waals surface area contributed by atoms with Crippen LogP contribution < -0.4 is 5.32 Å². The van der Waals surface area contributed by atoms with Crippen molar-refractivity contribution in [2.45, 2.75) is 12.5 Å². The number of amides is 1. The second-order valence-corrected chi connectivity index (χ2v) is 4.84. The van der Waals surface area contributed by atoms with E-state index in [1.165, 1.54) is 0 Å². The summed E-state index contributed by atoms with van der Waals surface area (Å²) in [6.07, 6.45) is 9.95. The van der Waals surface area contributed by atoms with E-state index in [1.54, 1.807) is 24.2 Å². The molecule has 96 valence electrons. The second-order valence-electron chi connectivity index (χ2n) is 3.85. The topological polar surface area (TPSA) is 62.7 Å². The molecule has 0 aromatic carbocycles. The van der Waals surface area contributed by atoms with Gasteiger partial charge in [-0.25, -0.2) is 4.98 Å². The lowest BCUT2D eigenvalue weighted by molar-refractivity contribution is -0.119. The maximum absolute atomic E-state index is 12.2. The van der Waals surface area contributed by atoms with Crippen molar-refractivity contribution in [1.29, 1.82) is 0 Å². The number of H-pyrrole nitrogens is 1. The van der Waals surface area contributed by atoms with Crippen molar-refractivity contribution < 1.29 is 4.79 Å². The molecule has 6 heteroatoms. The minimum atomic E-state index is -0.197. The highest BCUT2D eigenvalue weighted by molar-refractivity contribution is 7.98. The molecule has 0 spiro atoms. The summed E-state index contributed by atoms with van der Waals surface area (Å²) < 4.78 is 1.93. The summed E-state index contributed by atoms with van der Waals surface area (Å²) >= 11 is 1.74. The summed E-state index contributed by atoms with van der Waals surface area (Å²) in [6, 6.07) is 3.65. The number of imidazole rings is 1. The van der Waals surface area contributed by atoms with E-state index in [2.05, 4.69) is 15.3 Å². The Hall–Kier alpha value is -1.69. The van der Waals surface area contributed by atoms with Crippen LogP contribution in [-0.4, -0.2) is 32.5 Å². The van der Waals surface area contributed by atoms with E-state index in [0.29, 0.717) is 5.95 Å². The first-order valence-electron chi connectivity index (χ1n) is 5.73. The third-order valence-corrected chi connectivity index (χ3v) is 3.27. The van der Waals surface area contributed by atoms with Crippen LogP contribution in [0.2, 0.25) is 0 Å². The molecule has 5 nitrogen and oxygen atoms in total. The molecular weight excluding hydrogens is 248 g/mol. The van der Waals surface area contributed by atoms with Gasteiger partial charge in [-0.1, -0.05) is 0 Å². The van der Waals surface area contributed by atoms with Crippen LogP contribution in [0.1, 0.15) is 12.5 Å². The summed E-state index contributed by atoms with van der Waals surface area (Å²) in [6.45, 7) is 0.